The van der Waals surface area contributed by atoms with Gasteiger partial charge in [0, 0.05) is 12.1 Å². The van der Waals surface area contributed by atoms with E-state index >= 15 is 0 Å². The van der Waals surface area contributed by atoms with Crippen LogP contribution in [0.1, 0.15) is 19.9 Å². The van der Waals surface area contributed by atoms with Crippen molar-refractivity contribution < 1.29 is 4.74 Å². The number of methoxy groups -OCH3 is 1. The number of aromatic nitrogens is 4. The number of hydrogen-bond donors (Lipinski definition) is 2. The molecule has 2 aromatic rings. The van der Waals surface area contributed by atoms with E-state index in [1.54, 1.807) is 16.7 Å². The summed E-state index contributed by atoms with van der Waals surface area (Å²) in [5.41, 5.74) is 6.12. The Kier molecular flexibility index (Phi) is 3.79. The van der Waals surface area contributed by atoms with Crippen LogP contribution in [0.4, 0.5) is 5.69 Å². The molecule has 0 spiro atoms. The molecule has 0 saturated heterocycles. The van der Waals surface area contributed by atoms with Gasteiger partial charge in [-0.15, -0.1) is 5.10 Å². The van der Waals surface area contributed by atoms with E-state index in [1.807, 2.05) is 13.8 Å². The minimum atomic E-state index is -0.251. The first-order chi connectivity index (χ1) is 9.02. The molecule has 0 atom stereocenters. The number of H-pyrrole nitrogens is 1. The van der Waals surface area contributed by atoms with Crippen molar-refractivity contribution in [1.29, 1.82) is 0 Å². The summed E-state index contributed by atoms with van der Waals surface area (Å²) in [6, 6.07) is 3.39. The molecule has 8 heteroatoms. The van der Waals surface area contributed by atoms with Crippen LogP contribution >= 0.6 is 11.8 Å². The highest BCUT2D eigenvalue weighted by Gasteiger charge is 2.15. The zero-order valence-electron chi connectivity index (χ0n) is 10.9. The molecule has 2 rings (SSSR count). The van der Waals surface area contributed by atoms with Crippen LogP contribution in [0.3, 0.4) is 0 Å². The Bertz CT molecular complexity index is 634. The second-order valence-electron chi connectivity index (χ2n) is 4.13. The van der Waals surface area contributed by atoms with Crippen molar-refractivity contribution in [3.63, 3.8) is 0 Å². The average Bonchev–Trinajstić information content (AvgIpc) is 2.73. The summed E-state index contributed by atoms with van der Waals surface area (Å²) in [6.45, 7) is 3.81. The number of rotatable bonds is 4. The van der Waals surface area contributed by atoms with E-state index in [2.05, 4.69) is 15.2 Å². The zero-order valence-corrected chi connectivity index (χ0v) is 11.7. The number of anilines is 1. The first-order valence-electron chi connectivity index (χ1n) is 5.68. The summed E-state index contributed by atoms with van der Waals surface area (Å²) >= 11 is 1.22. The summed E-state index contributed by atoms with van der Waals surface area (Å²) in [7, 11) is 1.53. The monoisotopic (exact) mass is 281 g/mol. The molecule has 0 saturated carbocycles. The third kappa shape index (κ3) is 2.73. The molecule has 2 aromatic heterocycles. The third-order valence-corrected chi connectivity index (χ3v) is 3.44. The number of nitrogens with two attached hydrogens (primary N) is 1. The Morgan fingerprint density at radius 2 is 2.21 bits per heavy atom. The molecule has 19 heavy (non-hydrogen) atoms. The van der Waals surface area contributed by atoms with Gasteiger partial charge in [0.15, 0.2) is 5.16 Å². The molecule has 0 aliphatic heterocycles. The highest BCUT2D eigenvalue weighted by Crippen LogP contribution is 2.30. The molecule has 0 amide bonds. The molecule has 3 N–H and O–H groups in total. The number of pyridine rings is 1. The minimum absolute atomic E-state index is 0.000539. The molecule has 0 aliphatic carbocycles. The minimum Gasteiger partial charge on any atom is -0.481 e. The van der Waals surface area contributed by atoms with Crippen LogP contribution in [0.5, 0.6) is 5.88 Å². The second kappa shape index (κ2) is 5.35. The lowest BCUT2D eigenvalue weighted by molar-refractivity contribution is 0.394. The molecular weight excluding hydrogens is 266 g/mol. The molecule has 0 radical (unpaired) electrons. The van der Waals surface area contributed by atoms with Gasteiger partial charge in [0.25, 0.3) is 0 Å². The van der Waals surface area contributed by atoms with Gasteiger partial charge < -0.3 is 10.5 Å². The SMILES string of the molecule is COc1ccc(N)c(Sc2n[nH]c(=O)n2C(C)C)n1. The maximum absolute atomic E-state index is 11.6. The van der Waals surface area contributed by atoms with E-state index in [4.69, 9.17) is 10.5 Å². The first kappa shape index (κ1) is 13.5. The highest BCUT2D eigenvalue weighted by atomic mass is 32.2. The van der Waals surface area contributed by atoms with E-state index in [0.29, 0.717) is 21.7 Å². The summed E-state index contributed by atoms with van der Waals surface area (Å²) in [4.78, 5) is 15.9. The van der Waals surface area contributed by atoms with Crippen molar-refractivity contribution in [2.75, 3.05) is 12.8 Å². The Morgan fingerprint density at radius 1 is 1.47 bits per heavy atom. The summed E-state index contributed by atoms with van der Waals surface area (Å²) in [5.74, 6) is 0.464. The van der Waals surface area contributed by atoms with Crippen LogP contribution in [-0.2, 0) is 0 Å². The Balaban J connectivity index is 2.39. The van der Waals surface area contributed by atoms with E-state index in [1.165, 1.54) is 18.9 Å². The largest absolute Gasteiger partial charge is 0.481 e. The fraction of sp³-hybridized carbons (Fsp3) is 0.364. The predicted octanol–water partition coefficient (Wildman–Crippen LogP) is 1.29. The van der Waals surface area contributed by atoms with Gasteiger partial charge in [-0.25, -0.2) is 14.9 Å². The number of aromatic amines is 1. The number of nitrogen functional groups attached to an aromatic ring is 1. The summed E-state index contributed by atoms with van der Waals surface area (Å²) in [6.07, 6.45) is 0. The van der Waals surface area contributed by atoms with Crippen molar-refractivity contribution in [3.05, 3.63) is 22.6 Å². The number of hydrogen-bond acceptors (Lipinski definition) is 6. The van der Waals surface area contributed by atoms with E-state index in [0.717, 1.165) is 0 Å². The standard InChI is InChI=1S/C11H15N5O2S/c1-6(2)16-10(17)14-15-11(16)19-9-7(12)4-5-8(13-9)18-3/h4-6H,12H2,1-3H3,(H,14,17). The van der Waals surface area contributed by atoms with Crippen LogP contribution in [0, 0.1) is 0 Å². The topological polar surface area (TPSA) is 98.8 Å². The normalized spacial score (nSPS) is 10.9. The van der Waals surface area contributed by atoms with Gasteiger partial charge in [0.05, 0.1) is 12.8 Å². The van der Waals surface area contributed by atoms with Gasteiger partial charge >= 0.3 is 5.69 Å². The maximum Gasteiger partial charge on any atom is 0.344 e. The van der Waals surface area contributed by atoms with Crippen molar-refractivity contribution >= 4 is 17.4 Å². The summed E-state index contributed by atoms with van der Waals surface area (Å²) < 4.78 is 6.60. The quantitative estimate of drug-likeness (QED) is 0.876. The van der Waals surface area contributed by atoms with Crippen molar-refractivity contribution in [1.82, 2.24) is 19.7 Å². The molecule has 0 unspecified atom stereocenters. The van der Waals surface area contributed by atoms with Crippen LogP contribution in [0.2, 0.25) is 0 Å². The van der Waals surface area contributed by atoms with Crippen LogP contribution < -0.4 is 16.2 Å². The maximum atomic E-state index is 11.6. The van der Waals surface area contributed by atoms with Crippen LogP contribution in [0.25, 0.3) is 0 Å². The van der Waals surface area contributed by atoms with Crippen molar-refractivity contribution in [2.45, 2.75) is 30.1 Å². The molecular formula is C11H15N5O2S. The lowest BCUT2D eigenvalue weighted by Crippen LogP contribution is -2.19. The third-order valence-electron chi connectivity index (χ3n) is 2.45. The molecule has 0 aliphatic rings. The van der Waals surface area contributed by atoms with E-state index < -0.39 is 0 Å². The van der Waals surface area contributed by atoms with E-state index in [-0.39, 0.29) is 11.7 Å². The Morgan fingerprint density at radius 3 is 2.84 bits per heavy atom. The smallest absolute Gasteiger partial charge is 0.344 e. The predicted molar refractivity (Wildman–Crippen MR) is 72.6 cm³/mol. The number of ether oxygens (including phenoxy) is 1. The van der Waals surface area contributed by atoms with Gasteiger partial charge in [0.1, 0.15) is 5.03 Å². The second-order valence-corrected chi connectivity index (χ2v) is 5.08. The number of nitrogens with zero attached hydrogens (tertiary/aromatic N) is 3. The highest BCUT2D eigenvalue weighted by molar-refractivity contribution is 7.99. The molecule has 7 nitrogen and oxygen atoms in total. The molecule has 0 bridgehead atoms. The van der Waals surface area contributed by atoms with Gasteiger partial charge in [-0.2, -0.15) is 0 Å². The molecule has 0 fully saturated rings. The average molecular weight is 281 g/mol. The first-order valence-corrected chi connectivity index (χ1v) is 6.50. The zero-order chi connectivity index (χ0) is 14.0. The fourth-order valence-corrected chi connectivity index (χ4v) is 2.51. The van der Waals surface area contributed by atoms with Crippen molar-refractivity contribution in [3.8, 4) is 5.88 Å². The van der Waals surface area contributed by atoms with Gasteiger partial charge in [-0.1, -0.05) is 0 Å². The molecule has 2 heterocycles. The van der Waals surface area contributed by atoms with Gasteiger partial charge in [-0.05, 0) is 31.7 Å². The van der Waals surface area contributed by atoms with Crippen LogP contribution in [-0.4, -0.2) is 26.9 Å². The Labute approximate surface area is 114 Å². The summed E-state index contributed by atoms with van der Waals surface area (Å²) in [5, 5.41) is 7.48. The van der Waals surface area contributed by atoms with E-state index in [9.17, 15) is 4.79 Å². The van der Waals surface area contributed by atoms with Crippen LogP contribution in [0.15, 0.2) is 27.1 Å². The lowest BCUT2D eigenvalue weighted by atomic mass is 10.4. The Hall–Kier alpha value is -1.96. The molecule has 102 valence electrons. The van der Waals surface area contributed by atoms with Gasteiger partial charge in [-0.3, -0.25) is 4.57 Å². The lowest BCUT2D eigenvalue weighted by Gasteiger charge is -2.09. The van der Waals surface area contributed by atoms with Gasteiger partial charge in [0.2, 0.25) is 5.88 Å². The molecule has 0 aromatic carbocycles. The van der Waals surface area contributed by atoms with Crippen molar-refractivity contribution in [2.24, 2.45) is 0 Å². The fourth-order valence-electron chi connectivity index (χ4n) is 1.53. The number of nitrogens with one attached hydrogen (secondary N) is 1.